The summed E-state index contributed by atoms with van der Waals surface area (Å²) in [5, 5.41) is 0. The van der Waals surface area contributed by atoms with E-state index in [9.17, 15) is 4.79 Å². The second-order valence-corrected chi connectivity index (χ2v) is 4.20. The van der Waals surface area contributed by atoms with Crippen molar-refractivity contribution in [1.29, 1.82) is 0 Å². The highest BCUT2D eigenvalue weighted by Crippen LogP contribution is 2.58. The maximum Gasteiger partial charge on any atom is 0.310 e. The zero-order chi connectivity index (χ0) is 9.71. The predicted octanol–water partition coefficient (Wildman–Crippen LogP) is 1.88. The fraction of sp³-hybridized carbons (Fsp3) is 0.417. The second kappa shape index (κ2) is 2.59. The van der Waals surface area contributed by atoms with Crippen LogP contribution in [0, 0.1) is 18.8 Å². The van der Waals surface area contributed by atoms with E-state index in [-0.39, 0.29) is 11.9 Å². The molecule has 72 valence electrons. The molecule has 0 bridgehead atoms. The topological polar surface area (TPSA) is 26.3 Å². The SMILES string of the molecule is Cc1ccccc1[C@@H]1[C@@H]2COC(=O)[C@@H]21. The number of rotatable bonds is 1. The summed E-state index contributed by atoms with van der Waals surface area (Å²) in [6, 6.07) is 8.32. The monoisotopic (exact) mass is 188 g/mol. The fourth-order valence-electron chi connectivity index (χ4n) is 2.56. The Morgan fingerprint density at radius 1 is 1.29 bits per heavy atom. The van der Waals surface area contributed by atoms with Crippen LogP contribution in [0.5, 0.6) is 0 Å². The van der Waals surface area contributed by atoms with Crippen LogP contribution in [0.4, 0.5) is 0 Å². The van der Waals surface area contributed by atoms with Crippen LogP contribution in [0.3, 0.4) is 0 Å². The van der Waals surface area contributed by atoms with Crippen molar-refractivity contribution in [1.82, 2.24) is 0 Å². The zero-order valence-corrected chi connectivity index (χ0v) is 8.07. The molecule has 1 aromatic rings. The molecular weight excluding hydrogens is 176 g/mol. The van der Waals surface area contributed by atoms with E-state index in [0.717, 1.165) is 0 Å². The van der Waals surface area contributed by atoms with Gasteiger partial charge in [-0.1, -0.05) is 24.3 Å². The molecular formula is C12H12O2. The van der Waals surface area contributed by atoms with E-state index in [4.69, 9.17) is 4.74 Å². The van der Waals surface area contributed by atoms with Gasteiger partial charge in [0.15, 0.2) is 0 Å². The average Bonchev–Trinajstić information content (AvgIpc) is 2.78. The Morgan fingerprint density at radius 3 is 2.71 bits per heavy atom. The summed E-state index contributed by atoms with van der Waals surface area (Å²) in [5.74, 6) is 1.07. The van der Waals surface area contributed by atoms with Gasteiger partial charge >= 0.3 is 5.97 Å². The number of hydrogen-bond acceptors (Lipinski definition) is 2. The molecule has 1 aliphatic carbocycles. The van der Waals surface area contributed by atoms with E-state index in [1.165, 1.54) is 11.1 Å². The summed E-state index contributed by atoms with van der Waals surface area (Å²) in [5.41, 5.74) is 2.62. The number of esters is 1. The third kappa shape index (κ3) is 0.939. The number of ether oxygens (including phenoxy) is 1. The van der Waals surface area contributed by atoms with Gasteiger partial charge < -0.3 is 4.74 Å². The van der Waals surface area contributed by atoms with Crippen LogP contribution in [0.2, 0.25) is 0 Å². The number of benzene rings is 1. The van der Waals surface area contributed by atoms with Gasteiger partial charge in [-0.2, -0.15) is 0 Å². The normalized spacial score (nSPS) is 33.8. The maximum atomic E-state index is 11.3. The van der Waals surface area contributed by atoms with Crippen molar-refractivity contribution in [2.24, 2.45) is 11.8 Å². The van der Waals surface area contributed by atoms with Gasteiger partial charge in [-0.3, -0.25) is 4.79 Å². The number of aryl methyl sites for hydroxylation is 1. The first-order valence-electron chi connectivity index (χ1n) is 5.01. The highest BCUT2D eigenvalue weighted by Gasteiger charge is 2.61. The van der Waals surface area contributed by atoms with Crippen molar-refractivity contribution in [3.8, 4) is 0 Å². The molecule has 1 heterocycles. The van der Waals surface area contributed by atoms with Gasteiger partial charge in [0.2, 0.25) is 0 Å². The number of fused-ring (bicyclic) bond motifs is 1. The van der Waals surface area contributed by atoms with Crippen molar-refractivity contribution in [3.05, 3.63) is 35.4 Å². The number of hydrogen-bond donors (Lipinski definition) is 0. The number of carbonyl (C=O) groups excluding carboxylic acids is 1. The van der Waals surface area contributed by atoms with E-state index >= 15 is 0 Å². The third-order valence-electron chi connectivity index (χ3n) is 3.41. The molecule has 14 heavy (non-hydrogen) atoms. The minimum atomic E-state index is 0.00301. The Kier molecular flexibility index (Phi) is 1.49. The molecule has 1 saturated carbocycles. The van der Waals surface area contributed by atoms with Crippen molar-refractivity contribution < 1.29 is 9.53 Å². The molecule has 3 rings (SSSR count). The minimum absolute atomic E-state index is 0.00301. The fourth-order valence-corrected chi connectivity index (χ4v) is 2.56. The largest absolute Gasteiger partial charge is 0.465 e. The minimum Gasteiger partial charge on any atom is -0.465 e. The maximum absolute atomic E-state index is 11.3. The van der Waals surface area contributed by atoms with Crippen molar-refractivity contribution in [3.63, 3.8) is 0 Å². The summed E-state index contributed by atoms with van der Waals surface area (Å²) < 4.78 is 4.97. The lowest BCUT2D eigenvalue weighted by molar-refractivity contribution is -0.141. The lowest BCUT2D eigenvalue weighted by Gasteiger charge is -2.07. The van der Waals surface area contributed by atoms with Gasteiger partial charge in [-0.05, 0) is 18.1 Å². The summed E-state index contributed by atoms with van der Waals surface area (Å²) in [6.07, 6.45) is 0. The molecule has 3 atom stereocenters. The molecule has 0 amide bonds. The average molecular weight is 188 g/mol. The molecule has 0 unspecified atom stereocenters. The highest BCUT2D eigenvalue weighted by atomic mass is 16.5. The molecule has 2 fully saturated rings. The Morgan fingerprint density at radius 2 is 2.07 bits per heavy atom. The molecule has 1 aliphatic heterocycles. The van der Waals surface area contributed by atoms with Crippen molar-refractivity contribution >= 4 is 5.97 Å². The van der Waals surface area contributed by atoms with Crippen LogP contribution in [-0.2, 0) is 9.53 Å². The quantitative estimate of drug-likeness (QED) is 0.629. The van der Waals surface area contributed by atoms with E-state index in [1.807, 2.05) is 12.1 Å². The van der Waals surface area contributed by atoms with Crippen LogP contribution in [0.25, 0.3) is 0 Å². The van der Waals surface area contributed by atoms with Gasteiger partial charge in [-0.15, -0.1) is 0 Å². The zero-order valence-electron chi connectivity index (χ0n) is 8.07. The van der Waals surface area contributed by atoms with E-state index in [2.05, 4.69) is 19.1 Å². The summed E-state index contributed by atoms with van der Waals surface area (Å²) in [7, 11) is 0. The molecule has 0 spiro atoms. The van der Waals surface area contributed by atoms with E-state index in [0.29, 0.717) is 18.4 Å². The van der Waals surface area contributed by atoms with Gasteiger partial charge in [0.05, 0.1) is 12.5 Å². The molecule has 2 aliphatic rings. The van der Waals surface area contributed by atoms with Gasteiger partial charge in [0, 0.05) is 11.8 Å². The number of cyclic esters (lactones) is 1. The standard InChI is InChI=1S/C12H12O2/c1-7-4-2-3-5-8(7)10-9-6-14-12(13)11(9)10/h2-5,9-11H,6H2,1H3/t9-,10+,11-/m0/s1. The molecule has 2 nitrogen and oxygen atoms in total. The highest BCUT2D eigenvalue weighted by molar-refractivity contribution is 5.81. The molecule has 0 radical (unpaired) electrons. The molecule has 0 N–H and O–H groups in total. The summed E-state index contributed by atoms with van der Waals surface area (Å²) in [4.78, 5) is 11.3. The van der Waals surface area contributed by atoms with E-state index in [1.54, 1.807) is 0 Å². The molecule has 1 aromatic carbocycles. The lowest BCUT2D eigenvalue weighted by atomic mass is 10.0. The number of carbonyl (C=O) groups is 1. The summed E-state index contributed by atoms with van der Waals surface area (Å²) in [6.45, 7) is 2.73. The smallest absolute Gasteiger partial charge is 0.310 e. The Hall–Kier alpha value is -1.31. The Labute approximate surface area is 82.9 Å². The predicted molar refractivity (Wildman–Crippen MR) is 51.9 cm³/mol. The van der Waals surface area contributed by atoms with Crippen LogP contribution < -0.4 is 0 Å². The second-order valence-electron chi connectivity index (χ2n) is 4.20. The van der Waals surface area contributed by atoms with Crippen LogP contribution >= 0.6 is 0 Å². The molecule has 0 aromatic heterocycles. The van der Waals surface area contributed by atoms with Crippen LogP contribution in [0.1, 0.15) is 17.0 Å². The lowest BCUT2D eigenvalue weighted by Crippen LogP contribution is -2.04. The van der Waals surface area contributed by atoms with Crippen molar-refractivity contribution in [2.75, 3.05) is 6.61 Å². The first-order valence-corrected chi connectivity index (χ1v) is 5.01. The van der Waals surface area contributed by atoms with E-state index < -0.39 is 0 Å². The third-order valence-corrected chi connectivity index (χ3v) is 3.41. The van der Waals surface area contributed by atoms with Crippen molar-refractivity contribution in [2.45, 2.75) is 12.8 Å². The molecule has 1 saturated heterocycles. The first kappa shape index (κ1) is 8.04. The molecule has 2 heteroatoms. The van der Waals surface area contributed by atoms with Gasteiger partial charge in [0.25, 0.3) is 0 Å². The van der Waals surface area contributed by atoms with Gasteiger partial charge in [0.1, 0.15) is 0 Å². The van der Waals surface area contributed by atoms with Crippen LogP contribution in [0.15, 0.2) is 24.3 Å². The first-order chi connectivity index (χ1) is 6.79. The Balaban J connectivity index is 1.93. The summed E-state index contributed by atoms with van der Waals surface area (Å²) >= 11 is 0. The van der Waals surface area contributed by atoms with Crippen LogP contribution in [-0.4, -0.2) is 12.6 Å². The Bertz CT molecular complexity index is 397. The van der Waals surface area contributed by atoms with Gasteiger partial charge in [-0.25, -0.2) is 0 Å².